The number of carbonyl (C=O) groups is 6. The number of aliphatic hydroxyl groups is 14. The number of hydrogen-bond acceptors (Lipinski definition) is 27. The van der Waals surface area contributed by atoms with Crippen molar-refractivity contribution < 1.29 is 128 Å². The van der Waals surface area contributed by atoms with Crippen molar-refractivity contribution in [1.82, 2.24) is 52.8 Å². The van der Waals surface area contributed by atoms with Gasteiger partial charge in [-0.3, -0.25) is 39.6 Å². The SMILES string of the molecule is Cc1c(F)cccc1CC1NC(=O)CNC(=O)C(CO)NC(=O)C(C(O)C2CNC(=N)N2C2OC(CO)C(O)C(O)C2O)NC(=O)C(C(O)C2CNC(=N)N2)NC(=O)C(Cc2ccc(OC3OC(CO)C(OC4OC(CO)C(O)C(O)C4O)C(O)C3O)cc2)NC1=O. The Bertz CT molecular complexity index is 2960. The maximum Gasteiger partial charge on any atom is 0.246 e. The fourth-order valence-electron chi connectivity index (χ4n) is 11.2. The fraction of sp³-hybridized carbons (Fsp3) is 0.630. The van der Waals surface area contributed by atoms with Gasteiger partial charge in [0.05, 0.1) is 45.1 Å². The van der Waals surface area contributed by atoms with Crippen molar-refractivity contribution in [3.05, 3.63) is 65.0 Å². The third-order valence-corrected chi connectivity index (χ3v) is 16.6. The van der Waals surface area contributed by atoms with E-state index in [0.29, 0.717) is 0 Å². The molecule has 6 heterocycles. The Labute approximate surface area is 521 Å². The summed E-state index contributed by atoms with van der Waals surface area (Å²) < 4.78 is 43.2. The van der Waals surface area contributed by atoms with Crippen LogP contribution in [0.2, 0.25) is 0 Å². The maximum absolute atomic E-state index is 15.1. The molecule has 8 rings (SSSR count). The summed E-state index contributed by atoms with van der Waals surface area (Å²) in [6.45, 7) is -4.25. The molecule has 2 aromatic carbocycles. The number of guanidine groups is 2. The first-order valence-electron chi connectivity index (χ1n) is 29.0. The minimum Gasteiger partial charge on any atom is -0.462 e. The summed E-state index contributed by atoms with van der Waals surface area (Å²) in [6, 6.07) is -4.17. The highest BCUT2D eigenvalue weighted by Gasteiger charge is 2.54. The third kappa shape index (κ3) is 15.7. The molecule has 24 unspecified atom stereocenters. The highest BCUT2D eigenvalue weighted by Crippen LogP contribution is 2.32. The van der Waals surface area contributed by atoms with Gasteiger partial charge >= 0.3 is 0 Å². The zero-order valence-electron chi connectivity index (χ0n) is 48.8. The van der Waals surface area contributed by atoms with Crippen LogP contribution in [0.25, 0.3) is 0 Å². The van der Waals surface area contributed by atoms with Gasteiger partial charge in [-0.25, -0.2) is 4.39 Å². The Morgan fingerprint density at radius 1 is 0.576 bits per heavy atom. The lowest BCUT2D eigenvalue weighted by molar-refractivity contribution is -0.352. The monoisotopic (exact) mass is 1310 g/mol. The molecule has 24 atom stereocenters. The van der Waals surface area contributed by atoms with Gasteiger partial charge < -0.3 is 148 Å². The predicted molar refractivity (Wildman–Crippen MR) is 302 cm³/mol. The molecule has 6 saturated heterocycles. The molecule has 37 nitrogen and oxygen atoms in total. The number of aliphatic hydroxyl groups excluding tert-OH is 14. The summed E-state index contributed by atoms with van der Waals surface area (Å²) in [5, 5.41) is 189. The smallest absolute Gasteiger partial charge is 0.246 e. The van der Waals surface area contributed by atoms with Crippen LogP contribution in [0.4, 0.5) is 4.39 Å². The quantitative estimate of drug-likeness (QED) is 0.0699. The minimum atomic E-state index is -2.39. The van der Waals surface area contributed by atoms with Crippen LogP contribution in [-0.2, 0) is 60.6 Å². The Morgan fingerprint density at radius 3 is 1.79 bits per heavy atom. The lowest BCUT2D eigenvalue weighted by Gasteiger charge is -2.46. The van der Waals surface area contributed by atoms with E-state index in [-0.39, 0.29) is 34.9 Å². The molecule has 510 valence electrons. The van der Waals surface area contributed by atoms with E-state index in [0.717, 1.165) is 11.0 Å². The number of carbonyl (C=O) groups excluding carboxylic acids is 6. The number of benzene rings is 2. The molecule has 92 heavy (non-hydrogen) atoms. The highest BCUT2D eigenvalue weighted by molar-refractivity contribution is 5.98. The van der Waals surface area contributed by atoms with E-state index >= 15 is 4.79 Å². The van der Waals surface area contributed by atoms with Gasteiger partial charge in [0.25, 0.3) is 0 Å². The van der Waals surface area contributed by atoms with Gasteiger partial charge in [0.2, 0.25) is 41.7 Å². The van der Waals surface area contributed by atoms with Crippen molar-refractivity contribution in [2.24, 2.45) is 0 Å². The standard InChI is InChI=1S/C54H77FN12O25/c1-18-20(3-2-4-22(18)55)10-24-46(84)62-23(9-19-5-7-21(8-6-19)88-51-43(82)40(79)44(30(17-71)91-51)92-52-42(81)39(78)37(76)29(16-70)90-52)47(85)65-32(34(73)25-11-59-53(56)64-25)49(87)66-33(48(86)63-26(14-68)45(83)58-13-31(72)61-24)35(74)27-12-60-54(57)67(27)50-41(80)38(77)36(75)28(15-69)89-50/h2-8,23-30,32-44,50-52,68-71,73-82H,9-17H2,1H3,(H2,57,60)(H,58,83)(H,61,72)(H,62,84)(H,63,86)(H,65,85)(H,66,87)(H3,56,59,64). The number of halogens is 1. The van der Waals surface area contributed by atoms with Crippen LogP contribution < -0.4 is 52.6 Å². The van der Waals surface area contributed by atoms with Crippen molar-refractivity contribution in [3.63, 3.8) is 0 Å². The number of rotatable bonds is 17. The molecule has 0 aromatic heterocycles. The van der Waals surface area contributed by atoms with Crippen LogP contribution in [0.15, 0.2) is 42.5 Å². The second kappa shape index (κ2) is 30.7. The number of amides is 6. The molecule has 2 aromatic rings. The summed E-state index contributed by atoms with van der Waals surface area (Å²) in [4.78, 5) is 87.6. The molecular weight excluding hydrogens is 1240 g/mol. The van der Waals surface area contributed by atoms with Gasteiger partial charge in [-0.15, -0.1) is 0 Å². The summed E-state index contributed by atoms with van der Waals surface area (Å²) in [5.74, 6) is -9.55. The van der Waals surface area contributed by atoms with E-state index in [4.69, 9.17) is 34.5 Å². The summed E-state index contributed by atoms with van der Waals surface area (Å²) in [7, 11) is 0. The number of ether oxygens (including phenoxy) is 5. The molecule has 0 radical (unpaired) electrons. The molecule has 6 amide bonds. The molecule has 38 heteroatoms. The number of nitrogens with zero attached hydrogens (tertiary/aromatic N) is 1. The fourth-order valence-corrected chi connectivity index (χ4v) is 11.2. The van der Waals surface area contributed by atoms with Crippen LogP contribution in [0.1, 0.15) is 16.7 Å². The van der Waals surface area contributed by atoms with Gasteiger partial charge in [-0.05, 0) is 41.8 Å². The van der Waals surface area contributed by atoms with E-state index < -0.39 is 246 Å². The summed E-state index contributed by atoms with van der Waals surface area (Å²) in [6.07, 6.45) is -32.7. The molecule has 6 fully saturated rings. The number of nitrogens with one attached hydrogen (secondary N) is 11. The summed E-state index contributed by atoms with van der Waals surface area (Å²) in [5.41, 5.74) is 0.386. The zero-order valence-corrected chi connectivity index (χ0v) is 48.8. The molecule has 0 aliphatic carbocycles. The lowest BCUT2D eigenvalue weighted by atomic mass is 9.95. The van der Waals surface area contributed by atoms with Crippen LogP contribution >= 0.6 is 0 Å². The van der Waals surface area contributed by atoms with E-state index in [2.05, 4.69) is 47.9 Å². The highest BCUT2D eigenvalue weighted by atomic mass is 19.1. The number of hydrogen-bond donors (Lipinski definition) is 25. The van der Waals surface area contributed by atoms with E-state index in [1.807, 2.05) is 0 Å². The van der Waals surface area contributed by atoms with E-state index in [1.165, 1.54) is 43.3 Å². The molecule has 0 saturated carbocycles. The minimum absolute atomic E-state index is 0.0487. The third-order valence-electron chi connectivity index (χ3n) is 16.6. The van der Waals surface area contributed by atoms with Gasteiger partial charge in [-0.2, -0.15) is 0 Å². The van der Waals surface area contributed by atoms with Crippen LogP contribution in [0.5, 0.6) is 5.75 Å². The molecule has 6 aliphatic rings. The van der Waals surface area contributed by atoms with Crippen LogP contribution in [0, 0.1) is 23.6 Å². The Hall–Kier alpha value is -7.19. The molecule has 0 bridgehead atoms. The zero-order chi connectivity index (χ0) is 67.2. The molecular formula is C54H77FN12O25. The van der Waals surface area contributed by atoms with Gasteiger partial charge in [0.15, 0.2) is 24.4 Å². The first-order valence-corrected chi connectivity index (χ1v) is 29.0. The second-order valence-corrected chi connectivity index (χ2v) is 22.7. The lowest BCUT2D eigenvalue weighted by Crippen LogP contribution is -2.69. The van der Waals surface area contributed by atoms with Crippen molar-refractivity contribution in [2.75, 3.05) is 46.1 Å². The molecule has 25 N–H and O–H groups in total. The van der Waals surface area contributed by atoms with Gasteiger partial charge in [-0.1, -0.05) is 24.3 Å². The van der Waals surface area contributed by atoms with Crippen LogP contribution in [0.3, 0.4) is 0 Å². The largest absolute Gasteiger partial charge is 0.462 e. The average Bonchev–Trinajstić information content (AvgIpc) is 1.41. The van der Waals surface area contributed by atoms with E-state index in [9.17, 15) is 99.9 Å². The summed E-state index contributed by atoms with van der Waals surface area (Å²) >= 11 is 0. The van der Waals surface area contributed by atoms with E-state index in [1.54, 1.807) is 0 Å². The normalized spacial score (nSPS) is 36.9. The Kier molecular flexibility index (Phi) is 23.6. The second-order valence-electron chi connectivity index (χ2n) is 22.7. The van der Waals surface area contributed by atoms with Crippen LogP contribution in [-0.4, -0.2) is 316 Å². The average molecular weight is 1310 g/mol. The van der Waals surface area contributed by atoms with Crippen molar-refractivity contribution >= 4 is 47.4 Å². The first-order chi connectivity index (χ1) is 43.7. The Balaban J connectivity index is 1.11. The van der Waals surface area contributed by atoms with Crippen molar-refractivity contribution in [1.29, 1.82) is 10.8 Å². The van der Waals surface area contributed by atoms with Gasteiger partial charge in [0, 0.05) is 25.9 Å². The first kappa shape index (κ1) is 70.7. The van der Waals surface area contributed by atoms with Crippen molar-refractivity contribution in [2.45, 2.75) is 166 Å². The maximum atomic E-state index is 15.1. The Morgan fingerprint density at radius 2 is 1.15 bits per heavy atom. The van der Waals surface area contributed by atoms with Gasteiger partial charge in [0.1, 0.15) is 127 Å². The topological polar surface area (TPSA) is 591 Å². The molecule has 6 aliphatic heterocycles. The predicted octanol–water partition coefficient (Wildman–Crippen LogP) is -13.3. The van der Waals surface area contributed by atoms with Crippen molar-refractivity contribution in [3.8, 4) is 5.75 Å². The molecule has 0 spiro atoms.